The summed E-state index contributed by atoms with van der Waals surface area (Å²) in [6.07, 6.45) is 1.77. The molecular formula is C16H21NO4. The number of rotatable bonds is 5. The third kappa shape index (κ3) is 3.97. The van der Waals surface area contributed by atoms with Crippen LogP contribution in [-0.2, 0) is 11.2 Å². The SMILES string of the molecule is [2H]C(c1ccccc1)C(C(=O)O)N(C(=O)O)C1CCCCC1. The van der Waals surface area contributed by atoms with Gasteiger partial charge in [0.1, 0.15) is 6.04 Å². The van der Waals surface area contributed by atoms with Gasteiger partial charge in [-0.05, 0) is 18.4 Å². The molecule has 0 bridgehead atoms. The van der Waals surface area contributed by atoms with Crippen LogP contribution in [0.25, 0.3) is 0 Å². The quantitative estimate of drug-likeness (QED) is 0.874. The zero-order valence-electron chi connectivity index (χ0n) is 12.8. The number of hydrogen-bond acceptors (Lipinski definition) is 2. The lowest BCUT2D eigenvalue weighted by Gasteiger charge is -2.36. The van der Waals surface area contributed by atoms with Crippen molar-refractivity contribution in [2.24, 2.45) is 0 Å². The Hall–Kier alpha value is -2.04. The minimum Gasteiger partial charge on any atom is -0.480 e. The van der Waals surface area contributed by atoms with Crippen LogP contribution < -0.4 is 0 Å². The topological polar surface area (TPSA) is 77.8 Å². The van der Waals surface area contributed by atoms with Gasteiger partial charge < -0.3 is 10.2 Å². The van der Waals surface area contributed by atoms with E-state index in [0.717, 1.165) is 24.2 Å². The molecule has 0 heterocycles. The number of amides is 1. The van der Waals surface area contributed by atoms with Crippen LogP contribution in [0.1, 0.15) is 39.0 Å². The molecule has 0 spiro atoms. The van der Waals surface area contributed by atoms with Crippen LogP contribution in [0.4, 0.5) is 4.79 Å². The number of hydrogen-bond donors (Lipinski definition) is 2. The fourth-order valence-electron chi connectivity index (χ4n) is 2.88. The molecule has 114 valence electrons. The van der Waals surface area contributed by atoms with Crippen LogP contribution in [-0.4, -0.2) is 39.3 Å². The van der Waals surface area contributed by atoms with Gasteiger partial charge in [-0.1, -0.05) is 49.6 Å². The van der Waals surface area contributed by atoms with Crippen LogP contribution in [0.2, 0.25) is 0 Å². The summed E-state index contributed by atoms with van der Waals surface area (Å²) in [6.45, 7) is 0. The molecule has 2 N–H and O–H groups in total. The average Bonchev–Trinajstić information content (AvgIpc) is 2.52. The molecule has 0 radical (unpaired) electrons. The summed E-state index contributed by atoms with van der Waals surface area (Å²) in [5.41, 5.74) is 0.511. The number of carboxylic acids is 1. The summed E-state index contributed by atoms with van der Waals surface area (Å²) in [4.78, 5) is 24.3. The zero-order valence-corrected chi connectivity index (χ0v) is 11.8. The Bertz CT molecular complexity index is 516. The van der Waals surface area contributed by atoms with E-state index in [1.165, 1.54) is 0 Å². The first-order valence-corrected chi connectivity index (χ1v) is 7.23. The minimum absolute atomic E-state index is 0.316. The van der Waals surface area contributed by atoms with E-state index in [1.807, 2.05) is 0 Å². The van der Waals surface area contributed by atoms with Crippen LogP contribution >= 0.6 is 0 Å². The van der Waals surface area contributed by atoms with Crippen LogP contribution in [0.3, 0.4) is 0 Å². The summed E-state index contributed by atoms with van der Waals surface area (Å²) in [5, 5.41) is 19.0. The molecule has 1 aliphatic carbocycles. The largest absolute Gasteiger partial charge is 0.480 e. The lowest BCUT2D eigenvalue weighted by atomic mass is 9.92. The molecule has 0 aromatic heterocycles. The first kappa shape index (κ1) is 13.9. The van der Waals surface area contributed by atoms with E-state index < -0.39 is 24.5 Å². The van der Waals surface area contributed by atoms with Crippen LogP contribution in [0.15, 0.2) is 30.3 Å². The average molecular weight is 292 g/mol. The Labute approximate surface area is 125 Å². The Morgan fingerprint density at radius 1 is 1.19 bits per heavy atom. The van der Waals surface area contributed by atoms with Gasteiger partial charge in [0.2, 0.25) is 0 Å². The highest BCUT2D eigenvalue weighted by molar-refractivity contribution is 5.80. The normalized spacial score (nSPS) is 19.3. The Balaban J connectivity index is 2.30. The van der Waals surface area contributed by atoms with Gasteiger partial charge in [-0.25, -0.2) is 9.59 Å². The van der Waals surface area contributed by atoms with Crippen molar-refractivity contribution in [2.45, 2.75) is 50.6 Å². The molecule has 2 rings (SSSR count). The number of benzene rings is 1. The fourth-order valence-corrected chi connectivity index (χ4v) is 2.88. The van der Waals surface area contributed by atoms with Gasteiger partial charge in [0.05, 0.1) is 0 Å². The smallest absolute Gasteiger partial charge is 0.408 e. The van der Waals surface area contributed by atoms with Gasteiger partial charge in [0.15, 0.2) is 0 Å². The first-order valence-electron chi connectivity index (χ1n) is 7.81. The number of aliphatic carboxylic acids is 1. The molecule has 1 aromatic carbocycles. The second-order valence-electron chi connectivity index (χ2n) is 5.34. The van der Waals surface area contributed by atoms with Crippen molar-refractivity contribution in [1.82, 2.24) is 4.90 Å². The first-order chi connectivity index (χ1) is 10.5. The van der Waals surface area contributed by atoms with Gasteiger partial charge >= 0.3 is 12.1 Å². The lowest BCUT2D eigenvalue weighted by Crippen LogP contribution is -2.51. The monoisotopic (exact) mass is 292 g/mol. The molecule has 5 heteroatoms. The lowest BCUT2D eigenvalue weighted by molar-refractivity contribution is -0.143. The maximum atomic E-state index is 11.7. The van der Waals surface area contributed by atoms with E-state index in [-0.39, 0.29) is 6.04 Å². The Kier molecular flexibility index (Phi) is 4.71. The highest BCUT2D eigenvalue weighted by atomic mass is 16.4. The summed E-state index contributed by atoms with van der Waals surface area (Å²) in [6, 6.07) is 6.85. The third-order valence-electron chi connectivity index (χ3n) is 3.89. The maximum absolute atomic E-state index is 11.7. The van der Waals surface area contributed by atoms with Gasteiger partial charge in [-0.3, -0.25) is 4.90 Å². The summed E-state index contributed by atoms with van der Waals surface area (Å²) >= 11 is 0. The van der Waals surface area contributed by atoms with Crippen molar-refractivity contribution in [3.63, 3.8) is 0 Å². The molecular weight excluding hydrogens is 270 g/mol. The van der Waals surface area contributed by atoms with Gasteiger partial charge in [0.25, 0.3) is 0 Å². The molecule has 1 aromatic rings. The van der Waals surface area contributed by atoms with Crippen molar-refractivity contribution in [3.05, 3.63) is 35.9 Å². The van der Waals surface area contributed by atoms with E-state index in [1.54, 1.807) is 30.3 Å². The molecule has 1 saturated carbocycles. The third-order valence-corrected chi connectivity index (χ3v) is 3.89. The van der Waals surface area contributed by atoms with Crippen molar-refractivity contribution in [2.75, 3.05) is 0 Å². The van der Waals surface area contributed by atoms with Crippen molar-refractivity contribution >= 4 is 12.1 Å². The molecule has 1 amide bonds. The molecule has 1 aliphatic rings. The second-order valence-corrected chi connectivity index (χ2v) is 5.34. The standard InChI is InChI=1S/C16H21NO4/c18-15(19)14(11-12-7-3-1-4-8-12)17(16(20)21)13-9-5-2-6-10-13/h1,3-4,7-8,13-14H,2,5-6,9-11H2,(H,18,19)(H,20,21)/i11D. The molecule has 1 fully saturated rings. The predicted molar refractivity (Wildman–Crippen MR) is 78.3 cm³/mol. The zero-order chi connectivity index (χ0) is 16.1. The van der Waals surface area contributed by atoms with Gasteiger partial charge in [-0.15, -0.1) is 0 Å². The second kappa shape index (κ2) is 7.11. The molecule has 2 unspecified atom stereocenters. The maximum Gasteiger partial charge on any atom is 0.408 e. The predicted octanol–water partition coefficient (Wildman–Crippen LogP) is 3.00. The van der Waals surface area contributed by atoms with Crippen LogP contribution in [0, 0.1) is 0 Å². The summed E-state index contributed by atoms with van der Waals surface area (Å²) in [5.74, 6) is -1.27. The molecule has 21 heavy (non-hydrogen) atoms. The van der Waals surface area contributed by atoms with Gasteiger partial charge in [-0.2, -0.15) is 0 Å². The number of nitrogens with zero attached hydrogens (tertiary/aromatic N) is 1. The fraction of sp³-hybridized carbons (Fsp3) is 0.500. The van der Waals surface area contributed by atoms with Crippen molar-refractivity contribution in [3.8, 4) is 0 Å². The van der Waals surface area contributed by atoms with Crippen molar-refractivity contribution in [1.29, 1.82) is 0 Å². The van der Waals surface area contributed by atoms with E-state index in [4.69, 9.17) is 1.37 Å². The van der Waals surface area contributed by atoms with E-state index in [0.29, 0.717) is 18.4 Å². The van der Waals surface area contributed by atoms with E-state index in [9.17, 15) is 19.8 Å². The highest BCUT2D eigenvalue weighted by Crippen LogP contribution is 2.25. The van der Waals surface area contributed by atoms with Crippen LogP contribution in [0.5, 0.6) is 0 Å². The van der Waals surface area contributed by atoms with Crippen molar-refractivity contribution < 1.29 is 21.2 Å². The summed E-state index contributed by atoms with van der Waals surface area (Å²) in [7, 11) is 0. The summed E-state index contributed by atoms with van der Waals surface area (Å²) < 4.78 is 8.26. The van der Waals surface area contributed by atoms with E-state index in [2.05, 4.69) is 0 Å². The molecule has 5 nitrogen and oxygen atoms in total. The molecule has 0 aliphatic heterocycles. The molecule has 0 saturated heterocycles. The Morgan fingerprint density at radius 3 is 2.33 bits per heavy atom. The Morgan fingerprint density at radius 2 is 1.81 bits per heavy atom. The minimum atomic E-state index is -1.39. The van der Waals surface area contributed by atoms with E-state index >= 15 is 0 Å². The molecule has 2 atom stereocenters. The highest BCUT2D eigenvalue weighted by Gasteiger charge is 2.35. The number of carbonyl (C=O) groups is 2. The van der Waals surface area contributed by atoms with Gasteiger partial charge in [0, 0.05) is 13.8 Å². The number of carboxylic acid groups (broad SMARTS) is 2.